The van der Waals surface area contributed by atoms with Crippen LogP contribution in [0.3, 0.4) is 0 Å². The van der Waals surface area contributed by atoms with E-state index in [1.807, 2.05) is 53.9 Å². The average molecular weight is 665 g/mol. The fourth-order valence-electron chi connectivity index (χ4n) is 4.88. The number of nitrogens with one attached hydrogen (secondary N) is 4. The second-order valence-electron chi connectivity index (χ2n) is 12.4. The van der Waals surface area contributed by atoms with E-state index >= 15 is 0 Å². The maximum absolute atomic E-state index is 13.4. The van der Waals surface area contributed by atoms with Crippen molar-refractivity contribution in [1.82, 2.24) is 31.0 Å². The highest BCUT2D eigenvalue weighted by molar-refractivity contribution is 7.98. The Labute approximate surface area is 276 Å². The molecule has 0 aliphatic heterocycles. The zero-order valence-corrected chi connectivity index (χ0v) is 29.1. The molecule has 5 N–H and O–H groups in total. The molecule has 258 valence electrons. The Morgan fingerprint density at radius 2 is 1.74 bits per heavy atom. The minimum atomic E-state index is -1.06. The van der Waals surface area contributed by atoms with Crippen molar-refractivity contribution in [3.8, 4) is 0 Å². The van der Waals surface area contributed by atoms with Crippen LogP contribution in [0.1, 0.15) is 71.0 Å². The number of alkyl carbamates (subject to hydrolysis) is 1. The Morgan fingerprint density at radius 3 is 2.30 bits per heavy atom. The fraction of sp³-hybridized carbons (Fsp3) is 0.656. The SMILES string of the molecule is CSCC[C@H](NC(=O)OCn1nc(C)cc1C)C(=O)N[C@@H](CC(C)C)[C@@H](O)C[C@@H](C)C(=O)N[C@H](C(=O)NCc1ccco1)C(C)C. The normalized spacial score (nSPS) is 14.7. The molecule has 2 aromatic rings. The summed E-state index contributed by atoms with van der Waals surface area (Å²) >= 11 is 1.53. The monoisotopic (exact) mass is 664 g/mol. The van der Waals surface area contributed by atoms with Crippen molar-refractivity contribution < 1.29 is 33.4 Å². The van der Waals surface area contributed by atoms with Crippen molar-refractivity contribution in [2.45, 2.75) is 105 Å². The van der Waals surface area contributed by atoms with Gasteiger partial charge in [-0.1, -0.05) is 34.6 Å². The molecule has 0 saturated carbocycles. The molecule has 14 heteroatoms. The van der Waals surface area contributed by atoms with E-state index in [4.69, 9.17) is 9.15 Å². The van der Waals surface area contributed by atoms with Crippen molar-refractivity contribution in [3.05, 3.63) is 41.6 Å². The van der Waals surface area contributed by atoms with Gasteiger partial charge in [0.25, 0.3) is 0 Å². The highest BCUT2D eigenvalue weighted by Crippen LogP contribution is 2.17. The molecule has 0 aliphatic carbocycles. The lowest BCUT2D eigenvalue weighted by Gasteiger charge is -2.30. The first-order valence-corrected chi connectivity index (χ1v) is 17.1. The van der Waals surface area contributed by atoms with E-state index in [0.717, 1.165) is 11.4 Å². The van der Waals surface area contributed by atoms with Crippen LogP contribution in [0.4, 0.5) is 4.79 Å². The van der Waals surface area contributed by atoms with Gasteiger partial charge in [0.05, 0.1) is 30.6 Å². The van der Waals surface area contributed by atoms with Crippen LogP contribution in [0.15, 0.2) is 28.9 Å². The van der Waals surface area contributed by atoms with Crippen molar-refractivity contribution in [2.75, 3.05) is 12.0 Å². The number of thioether (sulfide) groups is 1. The van der Waals surface area contributed by atoms with Crippen LogP contribution in [0.25, 0.3) is 0 Å². The molecule has 0 aliphatic rings. The largest absolute Gasteiger partial charge is 0.467 e. The van der Waals surface area contributed by atoms with Gasteiger partial charge in [-0.15, -0.1) is 0 Å². The Hall–Kier alpha value is -3.52. The van der Waals surface area contributed by atoms with Gasteiger partial charge in [0, 0.05) is 11.6 Å². The van der Waals surface area contributed by atoms with Gasteiger partial charge in [0.15, 0.2) is 6.73 Å². The molecule has 4 amide bonds. The summed E-state index contributed by atoms with van der Waals surface area (Å²) in [6.45, 7) is 13.1. The van der Waals surface area contributed by atoms with E-state index in [1.54, 1.807) is 23.7 Å². The number of aliphatic hydroxyl groups is 1. The van der Waals surface area contributed by atoms with Gasteiger partial charge in [-0.25, -0.2) is 9.48 Å². The summed E-state index contributed by atoms with van der Waals surface area (Å²) in [7, 11) is 0. The number of aryl methyl sites for hydroxylation is 2. The molecule has 2 heterocycles. The maximum atomic E-state index is 13.4. The number of carbonyl (C=O) groups is 4. The summed E-state index contributed by atoms with van der Waals surface area (Å²) in [5, 5.41) is 26.7. The lowest BCUT2D eigenvalue weighted by molar-refractivity contribution is -0.132. The van der Waals surface area contributed by atoms with E-state index in [0.29, 0.717) is 24.4 Å². The first kappa shape index (κ1) is 38.7. The number of furan rings is 1. The number of aliphatic hydroxyl groups excluding tert-OH is 1. The predicted molar refractivity (Wildman–Crippen MR) is 177 cm³/mol. The van der Waals surface area contributed by atoms with Gasteiger partial charge < -0.3 is 35.5 Å². The second-order valence-corrected chi connectivity index (χ2v) is 13.4. The number of rotatable bonds is 19. The summed E-state index contributed by atoms with van der Waals surface area (Å²) in [4.78, 5) is 52.1. The number of hydrogen-bond acceptors (Lipinski definition) is 9. The highest BCUT2D eigenvalue weighted by Gasteiger charge is 2.31. The summed E-state index contributed by atoms with van der Waals surface area (Å²) in [6.07, 6.45) is 2.46. The number of nitrogens with zero attached hydrogens (tertiary/aromatic N) is 2. The molecule has 2 rings (SSSR count). The molecule has 0 bridgehead atoms. The van der Waals surface area contributed by atoms with Gasteiger partial charge in [-0.3, -0.25) is 14.4 Å². The van der Waals surface area contributed by atoms with Gasteiger partial charge in [0.2, 0.25) is 17.7 Å². The first-order valence-electron chi connectivity index (χ1n) is 15.7. The Morgan fingerprint density at radius 1 is 1.02 bits per heavy atom. The van der Waals surface area contributed by atoms with E-state index in [2.05, 4.69) is 26.4 Å². The Kier molecular flexibility index (Phi) is 16.1. The molecule has 2 aromatic heterocycles. The van der Waals surface area contributed by atoms with Crippen LogP contribution in [0.2, 0.25) is 0 Å². The fourth-order valence-corrected chi connectivity index (χ4v) is 5.35. The van der Waals surface area contributed by atoms with E-state index in [9.17, 15) is 24.3 Å². The Bertz CT molecular complexity index is 1250. The smallest absolute Gasteiger partial charge is 0.409 e. The van der Waals surface area contributed by atoms with Crippen molar-refractivity contribution in [2.24, 2.45) is 17.8 Å². The third-order valence-electron chi connectivity index (χ3n) is 7.46. The quantitative estimate of drug-likeness (QED) is 0.151. The van der Waals surface area contributed by atoms with E-state index in [1.165, 1.54) is 18.0 Å². The predicted octanol–water partition coefficient (Wildman–Crippen LogP) is 3.27. The standard InChI is InChI=1S/C32H52N6O7S/c1-19(2)14-26(34-30(41)25(11-13-46-8)35-32(43)45-18-38-23(7)16-22(6)37-38)27(39)15-21(5)29(40)36-28(20(3)4)31(42)33-17-24-10-9-12-44-24/h9-10,12,16,19-21,25-28,39H,11,13-15,17-18H2,1-8H3,(H,33,42)(H,34,41)(H,35,43)(H,36,40)/t21-,25+,26+,27+,28+/m1/s1. The zero-order valence-electron chi connectivity index (χ0n) is 28.3. The lowest BCUT2D eigenvalue weighted by atomic mass is 9.91. The molecule has 0 aromatic carbocycles. The zero-order chi connectivity index (χ0) is 34.4. The van der Waals surface area contributed by atoms with E-state index < -0.39 is 42.1 Å². The van der Waals surface area contributed by atoms with Crippen LogP contribution < -0.4 is 21.3 Å². The summed E-state index contributed by atoms with van der Waals surface area (Å²) in [5.41, 5.74) is 1.63. The third kappa shape index (κ3) is 13.1. The maximum Gasteiger partial charge on any atom is 0.409 e. The molecule has 0 fully saturated rings. The summed E-state index contributed by atoms with van der Waals surface area (Å²) in [6, 6.07) is 2.99. The molecule has 46 heavy (non-hydrogen) atoms. The molecule has 0 unspecified atom stereocenters. The van der Waals surface area contributed by atoms with E-state index in [-0.39, 0.29) is 43.3 Å². The first-order chi connectivity index (χ1) is 21.7. The third-order valence-corrected chi connectivity index (χ3v) is 8.11. The average Bonchev–Trinajstić information content (AvgIpc) is 3.62. The van der Waals surface area contributed by atoms with Crippen LogP contribution in [0.5, 0.6) is 0 Å². The minimum Gasteiger partial charge on any atom is -0.467 e. The van der Waals surface area contributed by atoms with Crippen LogP contribution in [0, 0.1) is 31.6 Å². The van der Waals surface area contributed by atoms with Crippen LogP contribution in [-0.2, 0) is 32.4 Å². The van der Waals surface area contributed by atoms with Crippen molar-refractivity contribution in [3.63, 3.8) is 0 Å². The summed E-state index contributed by atoms with van der Waals surface area (Å²) in [5.74, 6) is -0.691. The van der Waals surface area contributed by atoms with Crippen molar-refractivity contribution in [1.29, 1.82) is 0 Å². The second kappa shape index (κ2) is 19.2. The lowest BCUT2D eigenvalue weighted by Crippen LogP contribution is -2.54. The molecule has 5 atom stereocenters. The van der Waals surface area contributed by atoms with Gasteiger partial charge in [-0.05, 0) is 75.2 Å². The summed E-state index contributed by atoms with van der Waals surface area (Å²) < 4.78 is 12.1. The molecule has 13 nitrogen and oxygen atoms in total. The molecular weight excluding hydrogens is 612 g/mol. The van der Waals surface area contributed by atoms with Gasteiger partial charge in [-0.2, -0.15) is 16.9 Å². The number of hydrogen-bond donors (Lipinski definition) is 5. The van der Waals surface area contributed by atoms with Crippen LogP contribution in [-0.4, -0.2) is 74.9 Å². The molecule has 0 spiro atoms. The number of amides is 4. The Balaban J connectivity index is 2.01. The van der Waals surface area contributed by atoms with Crippen molar-refractivity contribution >= 4 is 35.6 Å². The number of ether oxygens (including phenoxy) is 1. The molecule has 0 radical (unpaired) electrons. The topological polar surface area (TPSA) is 177 Å². The van der Waals surface area contributed by atoms with Crippen LogP contribution >= 0.6 is 11.8 Å². The van der Waals surface area contributed by atoms with Gasteiger partial charge in [0.1, 0.15) is 17.8 Å². The number of aromatic nitrogens is 2. The minimum absolute atomic E-state index is 0.0515. The molecular formula is C32H52N6O7S. The number of carbonyl (C=O) groups excluding carboxylic acids is 4. The molecule has 0 saturated heterocycles. The van der Waals surface area contributed by atoms with Gasteiger partial charge >= 0.3 is 6.09 Å². The highest BCUT2D eigenvalue weighted by atomic mass is 32.2.